The van der Waals surface area contributed by atoms with Crippen LogP contribution < -0.4 is 5.32 Å². The lowest BCUT2D eigenvalue weighted by Gasteiger charge is -2.20. The van der Waals surface area contributed by atoms with E-state index in [-0.39, 0.29) is 13.2 Å². The highest BCUT2D eigenvalue weighted by molar-refractivity contribution is 5.67. The van der Waals surface area contributed by atoms with Crippen molar-refractivity contribution in [3.05, 3.63) is 35.9 Å². The second-order valence-corrected chi connectivity index (χ2v) is 5.38. The molecule has 0 aromatic heterocycles. The van der Waals surface area contributed by atoms with Gasteiger partial charge in [0, 0.05) is 6.54 Å². The van der Waals surface area contributed by atoms with E-state index in [2.05, 4.69) is 5.32 Å². The molecule has 1 aliphatic rings. The Morgan fingerprint density at radius 2 is 2.19 bits per heavy atom. The molecule has 6 heteroatoms. The van der Waals surface area contributed by atoms with E-state index < -0.39 is 24.1 Å². The first-order valence-electron chi connectivity index (χ1n) is 6.91. The molecule has 6 nitrogen and oxygen atoms in total. The van der Waals surface area contributed by atoms with Crippen molar-refractivity contribution in [3.8, 4) is 0 Å². The van der Waals surface area contributed by atoms with Crippen LogP contribution in [0.5, 0.6) is 0 Å². The van der Waals surface area contributed by atoms with Gasteiger partial charge in [-0.15, -0.1) is 0 Å². The third kappa shape index (κ3) is 5.00. The molecule has 1 amide bonds. The number of amides is 1. The maximum atomic E-state index is 11.5. The van der Waals surface area contributed by atoms with Gasteiger partial charge in [0.2, 0.25) is 0 Å². The molecule has 0 aliphatic carbocycles. The van der Waals surface area contributed by atoms with E-state index in [4.69, 9.17) is 14.2 Å². The van der Waals surface area contributed by atoms with Crippen LogP contribution in [0.2, 0.25) is 0 Å². The number of nitrogens with one attached hydrogen (secondary N) is 1. The van der Waals surface area contributed by atoms with Crippen LogP contribution in [0, 0.1) is 0 Å². The van der Waals surface area contributed by atoms with E-state index in [9.17, 15) is 9.90 Å². The van der Waals surface area contributed by atoms with Gasteiger partial charge in [0.1, 0.15) is 12.7 Å². The maximum absolute atomic E-state index is 11.5. The smallest absolute Gasteiger partial charge is 0.407 e. The first-order valence-corrected chi connectivity index (χ1v) is 6.91. The van der Waals surface area contributed by atoms with E-state index in [0.717, 1.165) is 5.56 Å². The summed E-state index contributed by atoms with van der Waals surface area (Å²) in [6.07, 6.45) is -1.86. The predicted octanol–water partition coefficient (Wildman–Crippen LogP) is 1.43. The summed E-state index contributed by atoms with van der Waals surface area (Å²) in [5, 5.41) is 12.5. The number of hydrogen-bond acceptors (Lipinski definition) is 5. The zero-order valence-electron chi connectivity index (χ0n) is 12.2. The number of aliphatic hydroxyl groups is 1. The Kier molecular flexibility index (Phi) is 5.17. The number of alkyl carbamates (subject to hydrolysis) is 1. The number of hydrogen-bond donors (Lipinski definition) is 2. The highest BCUT2D eigenvalue weighted by Gasteiger charge is 2.36. The zero-order valence-corrected chi connectivity index (χ0v) is 12.2. The van der Waals surface area contributed by atoms with Crippen LogP contribution in [0.25, 0.3) is 0 Å². The van der Waals surface area contributed by atoms with Gasteiger partial charge >= 0.3 is 6.09 Å². The number of carbonyl (C=O) groups excluding carboxylic acids is 1. The van der Waals surface area contributed by atoms with E-state index in [1.807, 2.05) is 30.3 Å². The molecule has 1 aromatic carbocycles. The molecule has 0 bridgehead atoms. The Bertz CT molecular complexity index is 462. The molecule has 2 N–H and O–H groups in total. The Labute approximate surface area is 124 Å². The molecule has 0 spiro atoms. The minimum absolute atomic E-state index is 0.0533. The van der Waals surface area contributed by atoms with Crippen LogP contribution in [0.15, 0.2) is 30.3 Å². The lowest BCUT2D eigenvalue weighted by Crippen LogP contribution is -2.40. The van der Waals surface area contributed by atoms with Gasteiger partial charge in [-0.05, 0) is 19.4 Å². The highest BCUT2D eigenvalue weighted by Crippen LogP contribution is 2.23. The van der Waals surface area contributed by atoms with E-state index in [1.165, 1.54) is 0 Å². The molecule has 0 radical (unpaired) electrons. The van der Waals surface area contributed by atoms with Crippen LogP contribution in [0.4, 0.5) is 4.79 Å². The standard InChI is InChI=1S/C15H21NO5/c1-15(2)20-10-13(21-15)12(17)8-16-14(18)19-9-11-6-4-3-5-7-11/h3-7,12-13,17H,8-10H2,1-2H3,(H,16,18)/t12-,13+/m0/s1. The van der Waals surface area contributed by atoms with Crippen molar-refractivity contribution in [1.29, 1.82) is 0 Å². The molecule has 1 aromatic rings. The second kappa shape index (κ2) is 6.89. The van der Waals surface area contributed by atoms with Crippen molar-refractivity contribution < 1.29 is 24.1 Å². The fourth-order valence-corrected chi connectivity index (χ4v) is 2.00. The summed E-state index contributed by atoms with van der Waals surface area (Å²) in [6, 6.07) is 9.38. The molecular formula is C15H21NO5. The molecule has 1 aliphatic heterocycles. The Balaban J connectivity index is 1.67. The predicted molar refractivity (Wildman–Crippen MR) is 75.5 cm³/mol. The third-order valence-corrected chi connectivity index (χ3v) is 3.13. The van der Waals surface area contributed by atoms with Gasteiger partial charge < -0.3 is 24.6 Å². The summed E-state index contributed by atoms with van der Waals surface area (Å²) in [4.78, 5) is 11.5. The fourth-order valence-electron chi connectivity index (χ4n) is 2.00. The lowest BCUT2D eigenvalue weighted by atomic mass is 10.2. The molecular weight excluding hydrogens is 274 g/mol. The van der Waals surface area contributed by atoms with E-state index >= 15 is 0 Å². The van der Waals surface area contributed by atoms with E-state index in [0.29, 0.717) is 6.61 Å². The summed E-state index contributed by atoms with van der Waals surface area (Å²) in [7, 11) is 0. The Morgan fingerprint density at radius 3 is 2.81 bits per heavy atom. The maximum Gasteiger partial charge on any atom is 0.407 e. The number of aliphatic hydroxyl groups excluding tert-OH is 1. The number of rotatable bonds is 5. The van der Waals surface area contributed by atoms with Gasteiger partial charge in [-0.1, -0.05) is 30.3 Å². The molecule has 2 rings (SSSR count). The zero-order chi connectivity index (χ0) is 15.3. The Hall–Kier alpha value is -1.63. The molecule has 1 saturated heterocycles. The van der Waals surface area contributed by atoms with Crippen molar-refractivity contribution in [1.82, 2.24) is 5.32 Å². The number of carbonyl (C=O) groups is 1. The van der Waals surface area contributed by atoms with Crippen molar-refractivity contribution in [2.45, 2.75) is 38.4 Å². The van der Waals surface area contributed by atoms with Crippen molar-refractivity contribution in [2.24, 2.45) is 0 Å². The summed E-state index contributed by atoms with van der Waals surface area (Å²) in [6.45, 7) is 4.11. The van der Waals surface area contributed by atoms with Crippen molar-refractivity contribution >= 4 is 6.09 Å². The van der Waals surface area contributed by atoms with Gasteiger partial charge in [-0.25, -0.2) is 4.79 Å². The summed E-state index contributed by atoms with van der Waals surface area (Å²) in [5.74, 6) is -0.695. The molecule has 0 unspecified atom stereocenters. The first-order chi connectivity index (χ1) is 9.96. The first kappa shape index (κ1) is 15.8. The minimum Gasteiger partial charge on any atom is -0.445 e. The normalized spacial score (nSPS) is 21.8. The van der Waals surface area contributed by atoms with Gasteiger partial charge in [0.25, 0.3) is 0 Å². The molecule has 1 fully saturated rings. The molecule has 1 heterocycles. The van der Waals surface area contributed by atoms with Gasteiger partial charge in [0.05, 0.1) is 12.7 Å². The van der Waals surface area contributed by atoms with Gasteiger partial charge in [-0.3, -0.25) is 0 Å². The van der Waals surface area contributed by atoms with Gasteiger partial charge in [0.15, 0.2) is 5.79 Å². The van der Waals surface area contributed by atoms with Crippen LogP contribution in [0.1, 0.15) is 19.4 Å². The highest BCUT2D eigenvalue weighted by atomic mass is 16.7. The minimum atomic E-state index is -0.837. The summed E-state index contributed by atoms with van der Waals surface area (Å²) >= 11 is 0. The third-order valence-electron chi connectivity index (χ3n) is 3.13. The average Bonchev–Trinajstić information content (AvgIpc) is 2.84. The number of ether oxygens (including phenoxy) is 3. The van der Waals surface area contributed by atoms with Gasteiger partial charge in [-0.2, -0.15) is 0 Å². The molecule has 0 saturated carbocycles. The topological polar surface area (TPSA) is 77.0 Å². The number of benzene rings is 1. The summed E-state index contributed by atoms with van der Waals surface area (Å²) in [5.41, 5.74) is 0.905. The largest absolute Gasteiger partial charge is 0.445 e. The van der Waals surface area contributed by atoms with Crippen LogP contribution in [-0.4, -0.2) is 42.3 Å². The molecule has 2 atom stereocenters. The Morgan fingerprint density at radius 1 is 1.48 bits per heavy atom. The van der Waals surface area contributed by atoms with Crippen LogP contribution >= 0.6 is 0 Å². The van der Waals surface area contributed by atoms with Crippen molar-refractivity contribution in [3.63, 3.8) is 0 Å². The average molecular weight is 295 g/mol. The van der Waals surface area contributed by atoms with Crippen LogP contribution in [0.3, 0.4) is 0 Å². The van der Waals surface area contributed by atoms with E-state index in [1.54, 1.807) is 13.8 Å². The monoisotopic (exact) mass is 295 g/mol. The fraction of sp³-hybridized carbons (Fsp3) is 0.533. The molecule has 21 heavy (non-hydrogen) atoms. The van der Waals surface area contributed by atoms with Crippen LogP contribution in [-0.2, 0) is 20.8 Å². The second-order valence-electron chi connectivity index (χ2n) is 5.38. The van der Waals surface area contributed by atoms with Crippen molar-refractivity contribution in [2.75, 3.05) is 13.2 Å². The lowest BCUT2D eigenvalue weighted by molar-refractivity contribution is -0.150. The molecule has 116 valence electrons. The summed E-state index contributed by atoms with van der Waals surface area (Å²) < 4.78 is 15.9. The SMILES string of the molecule is CC1(C)OC[C@H]([C@@H](O)CNC(=O)OCc2ccccc2)O1. The quantitative estimate of drug-likeness (QED) is 0.859.